The van der Waals surface area contributed by atoms with Crippen LogP contribution < -0.4 is 21.9 Å². The van der Waals surface area contributed by atoms with Crippen LogP contribution in [0.3, 0.4) is 0 Å². The molecule has 1 fully saturated rings. The third kappa shape index (κ3) is 2.36. The summed E-state index contributed by atoms with van der Waals surface area (Å²) in [5, 5.41) is 9.34. The zero-order valence-electron chi connectivity index (χ0n) is 10.8. The van der Waals surface area contributed by atoms with Crippen LogP contribution >= 0.6 is 0 Å². The van der Waals surface area contributed by atoms with E-state index in [9.17, 15) is 14.7 Å². The molecule has 0 amide bonds. The van der Waals surface area contributed by atoms with Gasteiger partial charge >= 0.3 is 5.69 Å². The highest BCUT2D eigenvalue weighted by atomic mass is 16.5. The Kier molecular flexibility index (Phi) is 3.91. The van der Waals surface area contributed by atoms with Gasteiger partial charge in [0.1, 0.15) is 11.5 Å². The number of aromatic amines is 1. The minimum Gasteiger partial charge on any atom is -0.394 e. The molecule has 2 heterocycles. The Balaban J connectivity index is 2.55. The molecular weight excluding hydrogens is 252 g/mol. The average Bonchev–Trinajstić information content (AvgIpc) is 2.39. The second-order valence-electron chi connectivity index (χ2n) is 4.34. The summed E-state index contributed by atoms with van der Waals surface area (Å²) < 4.78 is 6.55. The topological polar surface area (TPSA) is 114 Å². The number of morpholine rings is 1. The van der Waals surface area contributed by atoms with Crippen LogP contribution in [0.15, 0.2) is 9.59 Å². The van der Waals surface area contributed by atoms with E-state index in [-0.39, 0.29) is 24.2 Å². The predicted molar refractivity (Wildman–Crippen MR) is 70.4 cm³/mol. The molecule has 1 aromatic heterocycles. The summed E-state index contributed by atoms with van der Waals surface area (Å²) in [5.74, 6) is 0.122. The molecule has 1 atom stereocenters. The molecule has 8 nitrogen and oxygen atoms in total. The summed E-state index contributed by atoms with van der Waals surface area (Å²) in [4.78, 5) is 27.5. The van der Waals surface area contributed by atoms with Gasteiger partial charge in [-0.15, -0.1) is 0 Å². The fourth-order valence-corrected chi connectivity index (χ4v) is 2.27. The van der Waals surface area contributed by atoms with Gasteiger partial charge in [-0.25, -0.2) is 4.79 Å². The predicted octanol–water partition coefficient (Wildman–Crippen LogP) is -1.66. The first kappa shape index (κ1) is 13.6. The minimum atomic E-state index is -0.535. The van der Waals surface area contributed by atoms with Gasteiger partial charge in [0.25, 0.3) is 5.56 Å². The first-order chi connectivity index (χ1) is 9.10. The number of rotatable bonds is 3. The van der Waals surface area contributed by atoms with Crippen LogP contribution in [-0.2, 0) is 11.3 Å². The van der Waals surface area contributed by atoms with Crippen LogP contribution in [0.4, 0.5) is 11.5 Å². The Hall–Kier alpha value is -1.80. The highest BCUT2D eigenvalue weighted by molar-refractivity contribution is 5.63. The smallest absolute Gasteiger partial charge is 0.330 e. The summed E-state index contributed by atoms with van der Waals surface area (Å²) in [6, 6.07) is -0.333. The summed E-state index contributed by atoms with van der Waals surface area (Å²) in [6.45, 7) is 3.19. The van der Waals surface area contributed by atoms with Gasteiger partial charge in [0.2, 0.25) is 0 Å². The van der Waals surface area contributed by atoms with Crippen molar-refractivity contribution in [3.05, 3.63) is 20.8 Å². The van der Waals surface area contributed by atoms with Crippen LogP contribution in [-0.4, -0.2) is 47.1 Å². The molecular formula is C11H18N4O4. The lowest BCUT2D eigenvalue weighted by Gasteiger charge is -2.36. The molecule has 0 radical (unpaired) electrons. The standard InChI is InChI=1S/C11H18N4O4/c1-2-14-9(12)8(10(17)13-11(14)18)15-3-4-19-6-7(15)5-16/h7,16H,2-6,12H2,1H3,(H,13,17,18). The minimum absolute atomic E-state index is 0.122. The van der Waals surface area contributed by atoms with Crippen molar-refractivity contribution in [1.82, 2.24) is 9.55 Å². The molecule has 1 aliphatic heterocycles. The first-order valence-electron chi connectivity index (χ1n) is 6.18. The summed E-state index contributed by atoms with van der Waals surface area (Å²) in [6.07, 6.45) is 0. The number of nitrogens with two attached hydrogens (primary N) is 1. The van der Waals surface area contributed by atoms with Crippen molar-refractivity contribution in [3.8, 4) is 0 Å². The van der Waals surface area contributed by atoms with Crippen LogP contribution in [0.5, 0.6) is 0 Å². The third-order valence-electron chi connectivity index (χ3n) is 3.26. The molecule has 4 N–H and O–H groups in total. The second-order valence-corrected chi connectivity index (χ2v) is 4.34. The van der Waals surface area contributed by atoms with Crippen molar-refractivity contribution in [2.45, 2.75) is 19.5 Å². The summed E-state index contributed by atoms with van der Waals surface area (Å²) in [7, 11) is 0. The number of nitrogen functional groups attached to an aromatic ring is 1. The monoisotopic (exact) mass is 270 g/mol. The first-order valence-corrected chi connectivity index (χ1v) is 6.18. The number of hydrogen-bond acceptors (Lipinski definition) is 6. The number of hydrogen-bond donors (Lipinski definition) is 3. The largest absolute Gasteiger partial charge is 0.394 e. The van der Waals surface area contributed by atoms with Crippen LogP contribution in [0.2, 0.25) is 0 Å². The fraction of sp³-hybridized carbons (Fsp3) is 0.636. The molecule has 1 saturated heterocycles. The van der Waals surface area contributed by atoms with Gasteiger partial charge in [0.05, 0.1) is 25.9 Å². The molecule has 0 aliphatic carbocycles. The van der Waals surface area contributed by atoms with Gasteiger partial charge in [-0.05, 0) is 6.92 Å². The number of H-pyrrole nitrogens is 1. The molecule has 0 bridgehead atoms. The van der Waals surface area contributed by atoms with E-state index >= 15 is 0 Å². The zero-order chi connectivity index (χ0) is 14.0. The third-order valence-corrected chi connectivity index (χ3v) is 3.26. The van der Waals surface area contributed by atoms with Gasteiger partial charge < -0.3 is 20.5 Å². The summed E-state index contributed by atoms with van der Waals surface area (Å²) >= 11 is 0. The molecule has 1 unspecified atom stereocenters. The molecule has 0 saturated carbocycles. The maximum Gasteiger partial charge on any atom is 0.330 e. The van der Waals surface area contributed by atoms with Gasteiger partial charge in [-0.2, -0.15) is 0 Å². The Morgan fingerprint density at radius 3 is 2.89 bits per heavy atom. The Bertz CT molecular complexity index is 565. The molecule has 1 aromatic rings. The van der Waals surface area contributed by atoms with E-state index in [1.54, 1.807) is 11.8 Å². The van der Waals surface area contributed by atoms with Gasteiger partial charge in [-0.1, -0.05) is 0 Å². The maximum atomic E-state index is 12.0. The van der Waals surface area contributed by atoms with E-state index in [0.29, 0.717) is 26.3 Å². The van der Waals surface area contributed by atoms with E-state index in [1.807, 2.05) is 0 Å². The number of nitrogens with one attached hydrogen (secondary N) is 1. The molecule has 8 heteroatoms. The quantitative estimate of drug-likeness (QED) is 0.605. The van der Waals surface area contributed by atoms with E-state index < -0.39 is 11.2 Å². The number of nitrogens with zero attached hydrogens (tertiary/aromatic N) is 2. The van der Waals surface area contributed by atoms with Crippen molar-refractivity contribution >= 4 is 11.5 Å². The van der Waals surface area contributed by atoms with E-state index in [1.165, 1.54) is 4.57 Å². The van der Waals surface area contributed by atoms with Crippen LogP contribution in [0.25, 0.3) is 0 Å². The van der Waals surface area contributed by atoms with Crippen molar-refractivity contribution in [2.24, 2.45) is 0 Å². The van der Waals surface area contributed by atoms with Gasteiger partial charge in [0.15, 0.2) is 0 Å². The van der Waals surface area contributed by atoms with E-state index in [0.717, 1.165) is 0 Å². The lowest BCUT2D eigenvalue weighted by Crippen LogP contribution is -2.51. The highest BCUT2D eigenvalue weighted by Crippen LogP contribution is 2.20. The van der Waals surface area contributed by atoms with E-state index in [2.05, 4.69) is 4.98 Å². The molecule has 2 rings (SSSR count). The molecule has 19 heavy (non-hydrogen) atoms. The average molecular weight is 270 g/mol. The van der Waals surface area contributed by atoms with Crippen molar-refractivity contribution in [1.29, 1.82) is 0 Å². The number of aliphatic hydroxyl groups excluding tert-OH is 1. The van der Waals surface area contributed by atoms with Crippen LogP contribution in [0, 0.1) is 0 Å². The van der Waals surface area contributed by atoms with Crippen molar-refractivity contribution in [3.63, 3.8) is 0 Å². The number of anilines is 2. The Morgan fingerprint density at radius 1 is 1.53 bits per heavy atom. The second kappa shape index (κ2) is 5.45. The Labute approximate surface area is 109 Å². The highest BCUT2D eigenvalue weighted by Gasteiger charge is 2.27. The Morgan fingerprint density at radius 2 is 2.26 bits per heavy atom. The summed E-state index contributed by atoms with van der Waals surface area (Å²) in [5.41, 5.74) is 5.09. The molecule has 1 aliphatic rings. The van der Waals surface area contributed by atoms with Crippen LogP contribution in [0.1, 0.15) is 6.92 Å². The lowest BCUT2D eigenvalue weighted by atomic mass is 10.2. The van der Waals surface area contributed by atoms with E-state index in [4.69, 9.17) is 10.5 Å². The SMILES string of the molecule is CCn1c(N)c(N2CCOCC2CO)c(=O)[nH]c1=O. The molecule has 106 valence electrons. The lowest BCUT2D eigenvalue weighted by molar-refractivity contribution is 0.0726. The maximum absolute atomic E-state index is 12.0. The molecule has 0 aromatic carbocycles. The zero-order valence-corrected chi connectivity index (χ0v) is 10.8. The van der Waals surface area contributed by atoms with Crippen molar-refractivity contribution in [2.75, 3.05) is 37.0 Å². The number of ether oxygens (including phenoxy) is 1. The van der Waals surface area contributed by atoms with Crippen molar-refractivity contribution < 1.29 is 9.84 Å². The molecule has 0 spiro atoms. The normalized spacial score (nSPS) is 19.7. The number of aromatic nitrogens is 2. The van der Waals surface area contributed by atoms with Gasteiger partial charge in [0, 0.05) is 13.1 Å². The number of aliphatic hydroxyl groups is 1. The fourth-order valence-electron chi connectivity index (χ4n) is 2.27. The van der Waals surface area contributed by atoms with Gasteiger partial charge in [-0.3, -0.25) is 14.3 Å².